The van der Waals surface area contributed by atoms with Crippen LogP contribution in [0, 0.1) is 0 Å². The Morgan fingerprint density at radius 2 is 0.698 bits per heavy atom. The van der Waals surface area contributed by atoms with Crippen molar-refractivity contribution in [2.24, 2.45) is 0 Å². The van der Waals surface area contributed by atoms with Crippen LogP contribution in [0.25, 0.3) is 93.9 Å². The summed E-state index contributed by atoms with van der Waals surface area (Å²) < 4.78 is 9.21. The molecule has 0 aliphatic rings. The van der Waals surface area contributed by atoms with Gasteiger partial charge in [0.25, 0.3) is 0 Å². The third kappa shape index (κ3) is 6.38. The van der Waals surface area contributed by atoms with Crippen LogP contribution >= 0.6 is 0 Å². The maximum Gasteiger partial charge on any atom is 0.143 e. The Morgan fingerprint density at radius 3 is 1.27 bits per heavy atom. The first-order valence-electron chi connectivity index (χ1n) is 21.5. The second kappa shape index (κ2) is 15.3. The van der Waals surface area contributed by atoms with Crippen molar-refractivity contribution in [2.45, 2.75) is 0 Å². The molecule has 0 bridgehead atoms. The SMILES string of the molecule is c1ccc(-c2ccc(N(c3ccc(-c4cccc5c4oc4c(-c6ccccc6)cccc45)cc3)c3ccc4c(c3)c3cc(-c5ccccc5)ccc3n4-c3ccccc3)cc2)cc1. The van der Waals surface area contributed by atoms with Gasteiger partial charge in [-0.1, -0.05) is 176 Å². The van der Waals surface area contributed by atoms with Crippen LogP contribution in [0.5, 0.6) is 0 Å². The maximum absolute atomic E-state index is 6.82. The Balaban J connectivity index is 1.01. The minimum atomic E-state index is 0.895. The zero-order valence-corrected chi connectivity index (χ0v) is 34.4. The lowest BCUT2D eigenvalue weighted by Gasteiger charge is -2.26. The predicted molar refractivity (Wildman–Crippen MR) is 264 cm³/mol. The van der Waals surface area contributed by atoms with Gasteiger partial charge in [-0.15, -0.1) is 0 Å². The predicted octanol–water partition coefficient (Wildman–Crippen LogP) is 16.8. The molecule has 63 heavy (non-hydrogen) atoms. The van der Waals surface area contributed by atoms with Gasteiger partial charge in [0.15, 0.2) is 0 Å². The van der Waals surface area contributed by atoms with Gasteiger partial charge in [-0.3, -0.25) is 0 Å². The van der Waals surface area contributed by atoms with Crippen LogP contribution in [0.2, 0.25) is 0 Å². The van der Waals surface area contributed by atoms with Crippen LogP contribution < -0.4 is 4.90 Å². The molecule has 12 rings (SSSR count). The van der Waals surface area contributed by atoms with Crippen molar-refractivity contribution >= 4 is 60.8 Å². The molecule has 3 nitrogen and oxygen atoms in total. The molecular formula is C60H40N2O. The number of furan rings is 1. The normalized spacial score (nSPS) is 11.5. The molecule has 12 aromatic rings. The number of fused-ring (bicyclic) bond motifs is 6. The van der Waals surface area contributed by atoms with Crippen molar-refractivity contribution in [3.05, 3.63) is 243 Å². The molecule has 0 radical (unpaired) electrons. The average Bonchev–Trinajstić information content (AvgIpc) is 3.91. The quantitative estimate of drug-likeness (QED) is 0.153. The molecule has 296 valence electrons. The molecule has 2 heterocycles. The van der Waals surface area contributed by atoms with Gasteiger partial charge in [-0.05, 0) is 100 Å². The molecule has 0 amide bonds. The summed E-state index contributed by atoms with van der Waals surface area (Å²) in [7, 11) is 0. The van der Waals surface area contributed by atoms with Crippen LogP contribution in [-0.2, 0) is 0 Å². The molecule has 0 fully saturated rings. The molecule has 0 saturated carbocycles. The fraction of sp³-hybridized carbons (Fsp3) is 0. The van der Waals surface area contributed by atoms with E-state index in [9.17, 15) is 0 Å². The lowest BCUT2D eigenvalue weighted by atomic mass is 10.00. The molecule has 0 atom stereocenters. The molecule has 0 saturated heterocycles. The number of anilines is 3. The smallest absolute Gasteiger partial charge is 0.143 e. The summed E-state index contributed by atoms with van der Waals surface area (Å²) in [5, 5.41) is 4.64. The lowest BCUT2D eigenvalue weighted by molar-refractivity contribution is 0.671. The topological polar surface area (TPSA) is 21.3 Å². The zero-order valence-electron chi connectivity index (χ0n) is 34.4. The number of hydrogen-bond donors (Lipinski definition) is 0. The Bertz CT molecular complexity index is 3570. The van der Waals surface area contributed by atoms with Gasteiger partial charge >= 0.3 is 0 Å². The zero-order chi connectivity index (χ0) is 41.7. The van der Waals surface area contributed by atoms with Gasteiger partial charge in [-0.2, -0.15) is 0 Å². The van der Waals surface area contributed by atoms with Gasteiger partial charge in [0, 0.05) is 55.4 Å². The molecule has 10 aromatic carbocycles. The average molecular weight is 805 g/mol. The highest BCUT2D eigenvalue weighted by atomic mass is 16.3. The van der Waals surface area contributed by atoms with E-state index in [4.69, 9.17) is 4.42 Å². The minimum absolute atomic E-state index is 0.895. The van der Waals surface area contributed by atoms with Gasteiger partial charge in [-0.25, -0.2) is 0 Å². The van der Waals surface area contributed by atoms with Crippen molar-refractivity contribution in [2.75, 3.05) is 4.90 Å². The maximum atomic E-state index is 6.82. The summed E-state index contributed by atoms with van der Waals surface area (Å²) in [5.74, 6) is 0. The van der Waals surface area contributed by atoms with E-state index in [-0.39, 0.29) is 0 Å². The highest BCUT2D eigenvalue weighted by molar-refractivity contribution is 6.14. The molecular weight excluding hydrogens is 765 g/mol. The monoisotopic (exact) mass is 804 g/mol. The first-order valence-corrected chi connectivity index (χ1v) is 21.5. The Kier molecular flexibility index (Phi) is 8.83. The van der Waals surface area contributed by atoms with Gasteiger partial charge in [0.2, 0.25) is 0 Å². The summed E-state index contributed by atoms with van der Waals surface area (Å²) in [4.78, 5) is 2.37. The second-order valence-electron chi connectivity index (χ2n) is 16.1. The largest absolute Gasteiger partial charge is 0.455 e. The van der Waals surface area contributed by atoms with Crippen LogP contribution in [0.4, 0.5) is 17.1 Å². The summed E-state index contributed by atoms with van der Waals surface area (Å²) in [5.41, 5.74) is 17.7. The fourth-order valence-corrected chi connectivity index (χ4v) is 9.38. The summed E-state index contributed by atoms with van der Waals surface area (Å²) in [6.45, 7) is 0. The van der Waals surface area contributed by atoms with E-state index >= 15 is 0 Å². The van der Waals surface area contributed by atoms with Gasteiger partial charge in [0.05, 0.1) is 11.0 Å². The van der Waals surface area contributed by atoms with E-state index < -0.39 is 0 Å². The van der Waals surface area contributed by atoms with Gasteiger partial charge < -0.3 is 13.9 Å². The highest BCUT2D eigenvalue weighted by Gasteiger charge is 2.20. The van der Waals surface area contributed by atoms with Crippen molar-refractivity contribution in [1.29, 1.82) is 0 Å². The summed E-state index contributed by atoms with van der Waals surface area (Å²) >= 11 is 0. The minimum Gasteiger partial charge on any atom is -0.455 e. The van der Waals surface area contributed by atoms with E-state index in [0.29, 0.717) is 0 Å². The highest BCUT2D eigenvalue weighted by Crippen LogP contribution is 2.44. The first-order chi connectivity index (χ1) is 31.2. The first kappa shape index (κ1) is 36.5. The van der Waals surface area contributed by atoms with Crippen molar-refractivity contribution in [3.63, 3.8) is 0 Å². The molecule has 0 aliphatic heterocycles. The van der Waals surface area contributed by atoms with Crippen molar-refractivity contribution < 1.29 is 4.42 Å². The second-order valence-corrected chi connectivity index (χ2v) is 16.1. The van der Waals surface area contributed by atoms with Crippen LogP contribution in [-0.4, -0.2) is 4.57 Å². The van der Waals surface area contributed by atoms with E-state index in [1.165, 1.54) is 38.5 Å². The standard InChI is InChI=1S/C60H40N2O/c1-5-15-41(16-6-1)43-27-32-48(33-28-43)61(49-34-29-45(30-35-49)52-24-14-26-54-53-25-13-23-51(59(53)63-60(52)54)44-19-9-3-10-20-44)50-36-38-58-56(40-50)55-39-46(42-17-7-2-8-18-42)31-37-57(55)62(58)47-21-11-4-12-22-47/h1-40H. The number of hydrogen-bond acceptors (Lipinski definition) is 2. The van der Waals surface area contributed by atoms with Crippen molar-refractivity contribution in [1.82, 2.24) is 4.57 Å². The van der Waals surface area contributed by atoms with E-state index in [1.54, 1.807) is 0 Å². The number of para-hydroxylation sites is 3. The Hall–Kier alpha value is -8.40. The lowest BCUT2D eigenvalue weighted by Crippen LogP contribution is -2.10. The third-order valence-electron chi connectivity index (χ3n) is 12.4. The molecule has 0 aliphatic carbocycles. The Labute approximate surface area is 366 Å². The molecule has 0 unspecified atom stereocenters. The number of rotatable bonds is 8. The van der Waals surface area contributed by atoms with E-state index in [1.807, 2.05) is 0 Å². The van der Waals surface area contributed by atoms with Crippen LogP contribution in [0.15, 0.2) is 247 Å². The number of aromatic nitrogens is 1. The van der Waals surface area contributed by atoms with Crippen molar-refractivity contribution in [3.8, 4) is 50.2 Å². The molecule has 3 heteroatoms. The van der Waals surface area contributed by atoms with Crippen LogP contribution in [0.3, 0.4) is 0 Å². The van der Waals surface area contributed by atoms with Crippen LogP contribution in [0.1, 0.15) is 0 Å². The summed E-state index contributed by atoms with van der Waals surface area (Å²) in [6.07, 6.45) is 0. The van der Waals surface area contributed by atoms with E-state index in [2.05, 4.69) is 252 Å². The fourth-order valence-electron chi connectivity index (χ4n) is 9.38. The van der Waals surface area contributed by atoms with E-state index in [0.717, 1.165) is 72.5 Å². The number of benzene rings is 10. The molecule has 2 aromatic heterocycles. The molecule has 0 N–H and O–H groups in total. The third-order valence-corrected chi connectivity index (χ3v) is 12.4. The number of nitrogens with zero attached hydrogens (tertiary/aromatic N) is 2. The van der Waals surface area contributed by atoms with Gasteiger partial charge in [0.1, 0.15) is 11.2 Å². The Morgan fingerprint density at radius 1 is 0.286 bits per heavy atom. The molecule has 0 spiro atoms. The summed E-state index contributed by atoms with van der Waals surface area (Å²) in [6, 6.07) is 87.0.